The van der Waals surface area contributed by atoms with Crippen molar-refractivity contribution in [2.75, 3.05) is 6.26 Å². The van der Waals surface area contributed by atoms with Crippen molar-refractivity contribution in [2.45, 2.75) is 18.9 Å². The van der Waals surface area contributed by atoms with Crippen LogP contribution in [0, 0.1) is 6.92 Å². The molecule has 29 heavy (non-hydrogen) atoms. The Morgan fingerprint density at radius 3 is 2.17 bits per heavy atom. The molecule has 1 heterocycles. The lowest BCUT2D eigenvalue weighted by Gasteiger charge is -2.19. The maximum absolute atomic E-state index is 13.4. The van der Waals surface area contributed by atoms with E-state index in [0.717, 1.165) is 23.3 Å². The Morgan fingerprint density at radius 1 is 1.07 bits per heavy atom. The number of nitrogens with zero attached hydrogens (tertiary/aromatic N) is 1. The summed E-state index contributed by atoms with van der Waals surface area (Å²) < 4.78 is 26.5. The first-order valence-corrected chi connectivity index (χ1v) is 11.4. The van der Waals surface area contributed by atoms with Gasteiger partial charge in [-0.15, -0.1) is 0 Å². The molecule has 150 valence electrons. The summed E-state index contributed by atoms with van der Waals surface area (Å²) in [7, 11) is -4.16. The maximum atomic E-state index is 13.4. The average Bonchev–Trinajstić information content (AvgIpc) is 2.63. The van der Waals surface area contributed by atoms with E-state index < -0.39 is 37.5 Å². The molecular formula is C20H15BrClNO5S. The molecule has 0 unspecified atom stereocenters. The lowest BCUT2D eigenvalue weighted by Crippen LogP contribution is -2.29. The molecule has 0 bridgehead atoms. The van der Waals surface area contributed by atoms with Gasteiger partial charge in [-0.25, -0.2) is 8.42 Å². The fourth-order valence-electron chi connectivity index (χ4n) is 3.09. The van der Waals surface area contributed by atoms with E-state index >= 15 is 0 Å². The Balaban J connectivity index is 2.66. The number of aromatic nitrogens is 1. The van der Waals surface area contributed by atoms with Gasteiger partial charge in [-0.2, -0.15) is 0 Å². The fraction of sp³-hybridized carbons (Fsp3) is 0.150. The van der Waals surface area contributed by atoms with Gasteiger partial charge >= 0.3 is 0 Å². The summed E-state index contributed by atoms with van der Waals surface area (Å²) in [5.41, 5.74) is -0.360. The predicted molar refractivity (Wildman–Crippen MR) is 115 cm³/mol. The summed E-state index contributed by atoms with van der Waals surface area (Å²) in [6.07, 6.45) is 0.845. The molecule has 3 aromatic rings. The van der Waals surface area contributed by atoms with E-state index in [-0.39, 0.29) is 26.0 Å². The van der Waals surface area contributed by atoms with Crippen molar-refractivity contribution >= 4 is 60.0 Å². The third-order valence-corrected chi connectivity index (χ3v) is 6.42. The van der Waals surface area contributed by atoms with Crippen LogP contribution >= 0.6 is 27.5 Å². The second-order valence-corrected chi connectivity index (χ2v) is 9.79. The third-order valence-electron chi connectivity index (χ3n) is 4.38. The van der Waals surface area contributed by atoms with E-state index in [1.165, 1.54) is 12.1 Å². The van der Waals surface area contributed by atoms with Crippen LogP contribution in [-0.4, -0.2) is 30.9 Å². The second kappa shape index (κ2) is 7.51. The number of Topliss-reactive ketones (excluding diaryl/α,β-unsaturated/α-hetero) is 1. The number of carbonyl (C=O) groups excluding carboxylic acids is 2. The zero-order valence-electron chi connectivity index (χ0n) is 15.6. The zero-order chi connectivity index (χ0) is 21.7. The van der Waals surface area contributed by atoms with E-state index in [1.807, 2.05) is 6.92 Å². The van der Waals surface area contributed by atoms with Gasteiger partial charge in [0.1, 0.15) is 5.56 Å². The average molecular weight is 497 g/mol. The molecule has 0 saturated carbocycles. The van der Waals surface area contributed by atoms with Gasteiger partial charge in [-0.3, -0.25) is 19.0 Å². The molecule has 0 aliphatic rings. The molecule has 1 aromatic heterocycles. The molecule has 0 saturated heterocycles. The number of sulfone groups is 1. The van der Waals surface area contributed by atoms with Gasteiger partial charge in [0.25, 0.3) is 5.91 Å². The minimum Gasteiger partial charge on any atom is -0.294 e. The molecule has 0 fully saturated rings. The lowest BCUT2D eigenvalue weighted by molar-refractivity contribution is 0.0952. The molecule has 3 rings (SSSR count). The number of halogens is 2. The van der Waals surface area contributed by atoms with Gasteiger partial charge in [0.05, 0.1) is 15.9 Å². The topological polar surface area (TPSA) is 90.3 Å². The SMILES string of the molecule is CC(=O)c1c(S(C)(=O)=O)n(C(=O)c2ccc(C)cc2)c2c(Br)ccc(Cl)c2c1=O. The number of fused-ring (bicyclic) bond motifs is 1. The summed E-state index contributed by atoms with van der Waals surface area (Å²) in [5.74, 6) is -1.49. The third kappa shape index (κ3) is 3.68. The number of rotatable bonds is 3. The molecule has 0 spiro atoms. The van der Waals surface area contributed by atoms with Crippen molar-refractivity contribution in [1.29, 1.82) is 0 Å². The highest BCUT2D eigenvalue weighted by Gasteiger charge is 2.31. The van der Waals surface area contributed by atoms with Crippen LogP contribution in [0.5, 0.6) is 0 Å². The largest absolute Gasteiger partial charge is 0.294 e. The van der Waals surface area contributed by atoms with Crippen LogP contribution in [0.25, 0.3) is 10.9 Å². The van der Waals surface area contributed by atoms with Crippen molar-refractivity contribution in [3.63, 3.8) is 0 Å². The normalized spacial score (nSPS) is 11.6. The van der Waals surface area contributed by atoms with Gasteiger partial charge in [0.2, 0.25) is 5.43 Å². The smallest absolute Gasteiger partial charge is 0.263 e. The number of hydrogen-bond acceptors (Lipinski definition) is 5. The number of ketones is 1. The van der Waals surface area contributed by atoms with E-state index in [2.05, 4.69) is 15.9 Å². The van der Waals surface area contributed by atoms with Crippen LogP contribution in [0.4, 0.5) is 0 Å². The van der Waals surface area contributed by atoms with Crippen molar-refractivity contribution < 1.29 is 18.0 Å². The highest BCUT2D eigenvalue weighted by Crippen LogP contribution is 2.32. The van der Waals surface area contributed by atoms with Crippen LogP contribution in [-0.2, 0) is 9.84 Å². The molecule has 0 aliphatic carbocycles. The van der Waals surface area contributed by atoms with E-state index in [0.29, 0.717) is 0 Å². The van der Waals surface area contributed by atoms with Crippen molar-refractivity contribution in [1.82, 2.24) is 4.57 Å². The monoisotopic (exact) mass is 495 g/mol. The van der Waals surface area contributed by atoms with Crippen LogP contribution in [0.1, 0.15) is 33.2 Å². The Labute approximate surface area is 180 Å². The summed E-state index contributed by atoms with van der Waals surface area (Å²) in [5, 5.41) is -0.767. The molecule has 2 aromatic carbocycles. The summed E-state index contributed by atoms with van der Waals surface area (Å²) in [4.78, 5) is 38.7. The van der Waals surface area contributed by atoms with Gasteiger partial charge in [0.15, 0.2) is 20.6 Å². The lowest BCUT2D eigenvalue weighted by atomic mass is 10.1. The van der Waals surface area contributed by atoms with E-state index in [9.17, 15) is 22.8 Å². The first kappa shape index (κ1) is 21.4. The first-order valence-electron chi connectivity index (χ1n) is 8.34. The predicted octanol–water partition coefficient (Wildman–Crippen LogP) is 4.02. The molecule has 9 heteroatoms. The van der Waals surface area contributed by atoms with Gasteiger partial charge in [-0.1, -0.05) is 29.3 Å². The highest BCUT2D eigenvalue weighted by atomic mass is 79.9. The van der Waals surface area contributed by atoms with Crippen molar-refractivity contribution in [3.8, 4) is 0 Å². The first-order chi connectivity index (χ1) is 13.4. The van der Waals surface area contributed by atoms with Crippen LogP contribution in [0.2, 0.25) is 5.02 Å². The van der Waals surface area contributed by atoms with Gasteiger partial charge < -0.3 is 0 Å². The standard InChI is InChI=1S/C20H15BrClNO5S/c1-10-4-6-12(7-5-10)19(26)23-17-13(21)8-9-14(22)16(17)18(25)15(11(2)24)20(23)29(3,27)28/h4-9H,1-3H3. The Bertz CT molecular complexity index is 1360. The summed E-state index contributed by atoms with van der Waals surface area (Å²) >= 11 is 9.50. The fourth-order valence-corrected chi connectivity index (χ4v) is 4.95. The minimum absolute atomic E-state index is 0.00112. The highest BCUT2D eigenvalue weighted by molar-refractivity contribution is 9.10. The van der Waals surface area contributed by atoms with Crippen LogP contribution in [0.15, 0.2) is 50.7 Å². The molecule has 6 nitrogen and oxygen atoms in total. The maximum Gasteiger partial charge on any atom is 0.263 e. The molecule has 0 amide bonds. The van der Waals surface area contributed by atoms with Crippen molar-refractivity contribution in [3.05, 3.63) is 72.8 Å². The van der Waals surface area contributed by atoms with Gasteiger partial charge in [-0.05, 0) is 54.0 Å². The van der Waals surface area contributed by atoms with E-state index in [1.54, 1.807) is 24.3 Å². The van der Waals surface area contributed by atoms with Gasteiger partial charge in [0, 0.05) is 16.3 Å². The number of pyridine rings is 1. The van der Waals surface area contributed by atoms with Crippen LogP contribution < -0.4 is 5.43 Å². The summed E-state index contributed by atoms with van der Waals surface area (Å²) in [6.45, 7) is 2.92. The molecule has 0 N–H and O–H groups in total. The number of aryl methyl sites for hydroxylation is 1. The summed E-state index contributed by atoms with van der Waals surface area (Å²) in [6, 6.07) is 9.42. The number of carbonyl (C=O) groups is 2. The Kier molecular flexibility index (Phi) is 5.55. The minimum atomic E-state index is -4.16. The molecule has 0 aliphatic heterocycles. The van der Waals surface area contributed by atoms with Crippen LogP contribution in [0.3, 0.4) is 0 Å². The number of hydrogen-bond donors (Lipinski definition) is 0. The Morgan fingerprint density at radius 2 is 1.66 bits per heavy atom. The quantitative estimate of drug-likeness (QED) is 0.511. The Hall–Kier alpha value is -2.29. The van der Waals surface area contributed by atoms with E-state index in [4.69, 9.17) is 11.6 Å². The molecule has 0 atom stereocenters. The number of benzene rings is 2. The molecule has 0 radical (unpaired) electrons. The van der Waals surface area contributed by atoms with Crippen molar-refractivity contribution in [2.24, 2.45) is 0 Å². The molecular weight excluding hydrogens is 482 g/mol. The second-order valence-electron chi connectivity index (χ2n) is 6.60. The zero-order valence-corrected chi connectivity index (χ0v) is 18.8.